The first-order valence-corrected chi connectivity index (χ1v) is 7.53. The van der Waals surface area contributed by atoms with Gasteiger partial charge in [0.05, 0.1) is 6.10 Å². The Balaban J connectivity index is 1.69. The van der Waals surface area contributed by atoms with Gasteiger partial charge in [0.15, 0.2) is 6.61 Å². The number of hydrogen-bond donors (Lipinski definition) is 2. The Morgan fingerprint density at radius 1 is 1.43 bits per heavy atom. The third-order valence-corrected chi connectivity index (χ3v) is 3.84. The van der Waals surface area contributed by atoms with Crippen LogP contribution < -0.4 is 15.8 Å². The van der Waals surface area contributed by atoms with Crippen molar-refractivity contribution in [2.75, 3.05) is 19.8 Å². The van der Waals surface area contributed by atoms with E-state index in [4.69, 9.17) is 15.2 Å². The van der Waals surface area contributed by atoms with Crippen LogP contribution in [0.2, 0.25) is 0 Å². The molecule has 1 aliphatic rings. The fourth-order valence-corrected chi connectivity index (χ4v) is 2.54. The number of nitrogens with two attached hydrogens (primary N) is 1. The Morgan fingerprint density at radius 2 is 2.19 bits per heavy atom. The summed E-state index contributed by atoms with van der Waals surface area (Å²) >= 11 is 0. The van der Waals surface area contributed by atoms with Crippen LogP contribution >= 0.6 is 0 Å². The predicted octanol–water partition coefficient (Wildman–Crippen LogP) is 1.46. The van der Waals surface area contributed by atoms with Crippen molar-refractivity contribution >= 4 is 5.91 Å². The highest BCUT2D eigenvalue weighted by Crippen LogP contribution is 2.22. The lowest BCUT2D eigenvalue weighted by molar-refractivity contribution is -0.123. The van der Waals surface area contributed by atoms with E-state index >= 15 is 0 Å². The molecule has 2 atom stereocenters. The highest BCUT2D eigenvalue weighted by atomic mass is 16.5. The molecule has 5 nitrogen and oxygen atoms in total. The lowest BCUT2D eigenvalue weighted by Crippen LogP contribution is -2.35. The fourth-order valence-electron chi connectivity index (χ4n) is 2.54. The summed E-state index contributed by atoms with van der Waals surface area (Å²) in [6.45, 7) is 4.10. The molecule has 5 heteroatoms. The van der Waals surface area contributed by atoms with Gasteiger partial charge in [0.1, 0.15) is 5.75 Å². The van der Waals surface area contributed by atoms with Gasteiger partial charge in [0, 0.05) is 25.6 Å². The van der Waals surface area contributed by atoms with Crippen LogP contribution in [0.1, 0.15) is 25.3 Å². The molecule has 1 heterocycles. The van der Waals surface area contributed by atoms with Crippen LogP contribution in [0.25, 0.3) is 0 Å². The normalized spacial score (nSPS) is 21.2. The fraction of sp³-hybridized carbons (Fsp3) is 0.562. The summed E-state index contributed by atoms with van der Waals surface area (Å²) in [4.78, 5) is 11.8. The van der Waals surface area contributed by atoms with Crippen molar-refractivity contribution in [1.82, 2.24) is 5.32 Å². The largest absolute Gasteiger partial charge is 0.484 e. The second-order valence-electron chi connectivity index (χ2n) is 5.31. The number of carbonyl (C=O) groups excluding carboxylic acids is 1. The first kappa shape index (κ1) is 15.8. The molecule has 0 aliphatic carbocycles. The minimum absolute atomic E-state index is 0.0341. The summed E-state index contributed by atoms with van der Waals surface area (Å²) < 4.78 is 11.1. The number of carbonyl (C=O) groups is 1. The van der Waals surface area contributed by atoms with Crippen molar-refractivity contribution in [2.24, 2.45) is 11.7 Å². The van der Waals surface area contributed by atoms with E-state index in [1.165, 1.54) is 0 Å². The van der Waals surface area contributed by atoms with Gasteiger partial charge in [-0.15, -0.1) is 0 Å². The van der Waals surface area contributed by atoms with Crippen LogP contribution in [-0.4, -0.2) is 31.8 Å². The van der Waals surface area contributed by atoms with Gasteiger partial charge in [-0.05, 0) is 30.5 Å². The van der Waals surface area contributed by atoms with Gasteiger partial charge in [-0.1, -0.05) is 19.1 Å². The number of amides is 1. The van der Waals surface area contributed by atoms with Gasteiger partial charge < -0.3 is 20.5 Å². The minimum Gasteiger partial charge on any atom is -0.484 e. The maximum Gasteiger partial charge on any atom is 0.257 e. The molecule has 1 saturated heterocycles. The maximum absolute atomic E-state index is 11.8. The van der Waals surface area contributed by atoms with Crippen molar-refractivity contribution in [3.05, 3.63) is 29.8 Å². The molecule has 1 aromatic rings. The summed E-state index contributed by atoms with van der Waals surface area (Å²) in [5.74, 6) is 1.00. The van der Waals surface area contributed by atoms with Crippen molar-refractivity contribution in [3.8, 4) is 5.75 Å². The van der Waals surface area contributed by atoms with Gasteiger partial charge in [0.25, 0.3) is 5.91 Å². The summed E-state index contributed by atoms with van der Waals surface area (Å²) in [6.07, 6.45) is 2.28. The Hall–Kier alpha value is -1.59. The van der Waals surface area contributed by atoms with E-state index in [2.05, 4.69) is 12.2 Å². The summed E-state index contributed by atoms with van der Waals surface area (Å²) in [5, 5.41) is 2.92. The Morgan fingerprint density at radius 3 is 2.86 bits per heavy atom. The average Bonchev–Trinajstić information content (AvgIpc) is 2.99. The number of hydrogen-bond acceptors (Lipinski definition) is 4. The molecular weight excluding hydrogens is 268 g/mol. The van der Waals surface area contributed by atoms with E-state index < -0.39 is 0 Å². The van der Waals surface area contributed by atoms with Crippen LogP contribution in [-0.2, 0) is 16.1 Å². The molecular formula is C16H24N2O3. The van der Waals surface area contributed by atoms with Crippen LogP contribution in [0, 0.1) is 5.92 Å². The van der Waals surface area contributed by atoms with Gasteiger partial charge in [-0.3, -0.25) is 4.79 Å². The van der Waals surface area contributed by atoms with Crippen LogP contribution in [0.3, 0.4) is 0 Å². The summed E-state index contributed by atoms with van der Waals surface area (Å²) in [5.41, 5.74) is 6.57. The highest BCUT2D eigenvalue weighted by molar-refractivity contribution is 5.77. The molecule has 0 saturated carbocycles. The van der Waals surface area contributed by atoms with E-state index in [1.807, 2.05) is 24.3 Å². The lowest BCUT2D eigenvalue weighted by Gasteiger charge is -2.17. The average molecular weight is 292 g/mol. The molecule has 3 N–H and O–H groups in total. The first-order valence-electron chi connectivity index (χ1n) is 7.53. The standard InChI is InChI=1S/C16H24N2O3/c1-2-15-13(7-8-20-15)10-18-16(19)11-21-14-5-3-12(9-17)4-6-14/h3-6,13,15H,2,7-11,17H2,1H3,(H,18,19). The quantitative estimate of drug-likeness (QED) is 0.798. The molecule has 0 bridgehead atoms. The molecule has 1 amide bonds. The molecule has 0 spiro atoms. The Kier molecular flexibility index (Phi) is 6.02. The van der Waals surface area contributed by atoms with Gasteiger partial charge in [-0.25, -0.2) is 0 Å². The zero-order valence-corrected chi connectivity index (χ0v) is 12.5. The number of benzene rings is 1. The number of ether oxygens (including phenoxy) is 2. The highest BCUT2D eigenvalue weighted by Gasteiger charge is 2.26. The SMILES string of the molecule is CCC1OCCC1CNC(=O)COc1ccc(CN)cc1. The van der Waals surface area contributed by atoms with Gasteiger partial charge in [-0.2, -0.15) is 0 Å². The zero-order valence-electron chi connectivity index (χ0n) is 12.5. The third kappa shape index (κ3) is 4.72. The van der Waals surface area contributed by atoms with Crippen molar-refractivity contribution in [2.45, 2.75) is 32.4 Å². The maximum atomic E-state index is 11.8. The van der Waals surface area contributed by atoms with Crippen molar-refractivity contribution in [3.63, 3.8) is 0 Å². The topological polar surface area (TPSA) is 73.6 Å². The van der Waals surface area contributed by atoms with Crippen LogP contribution in [0.4, 0.5) is 0 Å². The molecule has 116 valence electrons. The molecule has 1 fully saturated rings. The molecule has 1 aromatic carbocycles. The molecule has 2 unspecified atom stereocenters. The molecule has 1 aliphatic heterocycles. The van der Waals surface area contributed by atoms with Crippen molar-refractivity contribution < 1.29 is 14.3 Å². The molecule has 0 radical (unpaired) electrons. The van der Waals surface area contributed by atoms with Gasteiger partial charge >= 0.3 is 0 Å². The summed E-state index contributed by atoms with van der Waals surface area (Å²) in [6, 6.07) is 7.45. The predicted molar refractivity (Wildman–Crippen MR) is 81.0 cm³/mol. The molecule has 0 aromatic heterocycles. The molecule has 21 heavy (non-hydrogen) atoms. The summed E-state index contributed by atoms with van der Waals surface area (Å²) in [7, 11) is 0. The Bertz CT molecular complexity index is 447. The monoisotopic (exact) mass is 292 g/mol. The number of nitrogens with one attached hydrogen (secondary N) is 1. The second-order valence-corrected chi connectivity index (χ2v) is 5.31. The number of rotatable bonds is 7. The molecule has 2 rings (SSSR count). The Labute approximate surface area is 125 Å². The minimum atomic E-state index is -0.0975. The lowest BCUT2D eigenvalue weighted by atomic mass is 10.00. The van der Waals surface area contributed by atoms with E-state index in [1.54, 1.807) is 0 Å². The first-order chi connectivity index (χ1) is 10.2. The van der Waals surface area contributed by atoms with E-state index in [0.717, 1.165) is 25.0 Å². The van der Waals surface area contributed by atoms with Crippen molar-refractivity contribution in [1.29, 1.82) is 0 Å². The van der Waals surface area contributed by atoms with Gasteiger partial charge in [0.2, 0.25) is 0 Å². The van der Waals surface area contributed by atoms with E-state index in [9.17, 15) is 4.79 Å². The zero-order chi connectivity index (χ0) is 15.1. The van der Waals surface area contributed by atoms with Crippen LogP contribution in [0.15, 0.2) is 24.3 Å². The van der Waals surface area contributed by atoms with Crippen LogP contribution in [0.5, 0.6) is 5.75 Å². The smallest absolute Gasteiger partial charge is 0.257 e. The second kappa shape index (κ2) is 8.00. The van der Waals surface area contributed by atoms with E-state index in [-0.39, 0.29) is 18.6 Å². The van der Waals surface area contributed by atoms with E-state index in [0.29, 0.717) is 24.8 Å². The third-order valence-electron chi connectivity index (χ3n) is 3.84.